The Morgan fingerprint density at radius 3 is 2.52 bits per heavy atom. The Morgan fingerprint density at radius 2 is 1.95 bits per heavy atom. The molecule has 2 N–H and O–H groups in total. The topological polar surface area (TPSA) is 49.3 Å². The fraction of sp³-hybridized carbons (Fsp3) is 0.267. The largest absolute Gasteiger partial charge is 0.386 e. The summed E-state index contributed by atoms with van der Waals surface area (Å²) in [7, 11) is 0. The maximum Gasteiger partial charge on any atom is 0.228 e. The molecule has 1 amide bonds. The average molecular weight is 311 g/mol. The molecule has 0 saturated carbocycles. The molecule has 2 aromatic rings. The van der Waals surface area contributed by atoms with Crippen LogP contribution in [0, 0.1) is 11.6 Å². The maximum atomic E-state index is 13.5. The number of aliphatic hydroxyl groups is 1. The Bertz CT molecular complexity index is 596. The van der Waals surface area contributed by atoms with Crippen LogP contribution in [0.4, 0.5) is 8.78 Å². The second-order valence-corrected chi connectivity index (χ2v) is 5.61. The maximum absolute atomic E-state index is 13.5. The number of benzene rings is 1. The second-order valence-electron chi connectivity index (χ2n) is 4.63. The molecule has 2 atom stereocenters. The molecule has 0 aliphatic carbocycles. The summed E-state index contributed by atoms with van der Waals surface area (Å²) >= 11 is 1.45. The van der Waals surface area contributed by atoms with Crippen LogP contribution in [0.5, 0.6) is 0 Å². The molecule has 1 aromatic carbocycles. The van der Waals surface area contributed by atoms with Crippen molar-refractivity contribution in [3.05, 3.63) is 57.8 Å². The summed E-state index contributed by atoms with van der Waals surface area (Å²) < 4.78 is 27.0. The van der Waals surface area contributed by atoms with Crippen molar-refractivity contribution in [3.8, 4) is 0 Å². The third-order valence-corrected chi connectivity index (χ3v) is 4.22. The molecule has 0 bridgehead atoms. The summed E-state index contributed by atoms with van der Waals surface area (Å²) in [6.07, 6.45) is -1.43. The van der Waals surface area contributed by atoms with Gasteiger partial charge in [0.2, 0.25) is 5.91 Å². The van der Waals surface area contributed by atoms with Gasteiger partial charge in [0.15, 0.2) is 0 Å². The lowest BCUT2D eigenvalue weighted by molar-refractivity contribution is -0.122. The number of carbonyl (C=O) groups is 1. The lowest BCUT2D eigenvalue weighted by Crippen LogP contribution is -2.32. The van der Waals surface area contributed by atoms with Gasteiger partial charge in [0.05, 0.1) is 11.5 Å². The minimum absolute atomic E-state index is 0.244. The summed E-state index contributed by atoms with van der Waals surface area (Å²) in [5, 5.41) is 14.2. The first-order chi connectivity index (χ1) is 10.0. The highest BCUT2D eigenvalue weighted by atomic mass is 32.1. The summed E-state index contributed by atoms with van der Waals surface area (Å²) in [5.74, 6) is -2.33. The number of halogens is 2. The van der Waals surface area contributed by atoms with Crippen LogP contribution in [0.3, 0.4) is 0 Å². The van der Waals surface area contributed by atoms with Crippen molar-refractivity contribution in [2.24, 2.45) is 0 Å². The smallest absolute Gasteiger partial charge is 0.228 e. The SMILES string of the molecule is C[C@H](C(=O)NC[C@H](O)c1c(F)cccc1F)c1cccs1. The number of hydrogen-bond acceptors (Lipinski definition) is 3. The van der Waals surface area contributed by atoms with Gasteiger partial charge in [-0.2, -0.15) is 0 Å². The summed E-state index contributed by atoms with van der Waals surface area (Å²) in [4.78, 5) is 12.8. The van der Waals surface area contributed by atoms with E-state index in [1.165, 1.54) is 17.4 Å². The molecule has 1 aromatic heterocycles. The fourth-order valence-corrected chi connectivity index (χ4v) is 2.73. The van der Waals surface area contributed by atoms with Crippen LogP contribution in [0.2, 0.25) is 0 Å². The Hall–Kier alpha value is -1.79. The Labute approximate surface area is 125 Å². The van der Waals surface area contributed by atoms with Gasteiger partial charge in [0.25, 0.3) is 0 Å². The number of rotatable bonds is 5. The standard InChI is InChI=1S/C15H15F2NO2S/c1-9(13-6-3-7-21-13)15(20)18-8-12(19)14-10(16)4-2-5-11(14)17/h2-7,9,12,19H,8H2,1H3,(H,18,20)/t9-,12-/m0/s1. The monoisotopic (exact) mass is 311 g/mol. The van der Waals surface area contributed by atoms with Crippen molar-refractivity contribution in [2.45, 2.75) is 18.9 Å². The molecular weight excluding hydrogens is 296 g/mol. The first kappa shape index (κ1) is 15.6. The third-order valence-electron chi connectivity index (χ3n) is 3.17. The second kappa shape index (κ2) is 6.78. The number of carbonyl (C=O) groups excluding carboxylic acids is 1. The van der Waals surface area contributed by atoms with Gasteiger partial charge in [-0.1, -0.05) is 12.1 Å². The van der Waals surface area contributed by atoms with Crippen molar-refractivity contribution >= 4 is 17.2 Å². The van der Waals surface area contributed by atoms with Gasteiger partial charge in [0, 0.05) is 11.4 Å². The normalized spacial score (nSPS) is 13.7. The van der Waals surface area contributed by atoms with Crippen LogP contribution < -0.4 is 5.32 Å². The van der Waals surface area contributed by atoms with Crippen LogP contribution in [0.15, 0.2) is 35.7 Å². The van der Waals surface area contributed by atoms with E-state index in [2.05, 4.69) is 5.32 Å². The van der Waals surface area contributed by atoms with E-state index in [0.29, 0.717) is 0 Å². The van der Waals surface area contributed by atoms with Gasteiger partial charge in [-0.25, -0.2) is 8.78 Å². The van der Waals surface area contributed by atoms with E-state index in [-0.39, 0.29) is 18.4 Å². The minimum atomic E-state index is -1.43. The lowest BCUT2D eigenvalue weighted by atomic mass is 10.1. The quantitative estimate of drug-likeness (QED) is 0.892. The predicted octanol–water partition coefficient (Wildman–Crippen LogP) is 2.98. The van der Waals surface area contributed by atoms with Crippen LogP contribution in [-0.4, -0.2) is 17.6 Å². The Morgan fingerprint density at radius 1 is 1.29 bits per heavy atom. The van der Waals surface area contributed by atoms with E-state index in [0.717, 1.165) is 17.0 Å². The number of hydrogen-bond donors (Lipinski definition) is 2. The molecule has 0 radical (unpaired) electrons. The molecule has 0 unspecified atom stereocenters. The molecule has 2 rings (SSSR count). The first-order valence-electron chi connectivity index (χ1n) is 6.43. The molecule has 6 heteroatoms. The Balaban J connectivity index is 1.98. The lowest BCUT2D eigenvalue weighted by Gasteiger charge is -2.16. The molecular formula is C15H15F2NO2S. The van der Waals surface area contributed by atoms with Gasteiger partial charge in [-0.05, 0) is 30.5 Å². The third kappa shape index (κ3) is 3.65. The molecule has 0 spiro atoms. The van der Waals surface area contributed by atoms with Crippen molar-refractivity contribution in [1.29, 1.82) is 0 Å². The van der Waals surface area contributed by atoms with Gasteiger partial charge in [0.1, 0.15) is 17.7 Å². The average Bonchev–Trinajstić information content (AvgIpc) is 2.97. The van der Waals surface area contributed by atoms with E-state index in [9.17, 15) is 18.7 Å². The van der Waals surface area contributed by atoms with E-state index in [1.807, 2.05) is 17.5 Å². The van der Waals surface area contributed by atoms with Gasteiger partial charge in [-0.15, -0.1) is 11.3 Å². The highest BCUT2D eigenvalue weighted by Crippen LogP contribution is 2.22. The van der Waals surface area contributed by atoms with Gasteiger partial charge in [-0.3, -0.25) is 4.79 Å². The minimum Gasteiger partial charge on any atom is -0.386 e. The van der Waals surface area contributed by atoms with Crippen LogP contribution in [0.1, 0.15) is 29.4 Å². The zero-order chi connectivity index (χ0) is 15.4. The van der Waals surface area contributed by atoms with Crippen molar-refractivity contribution < 1.29 is 18.7 Å². The summed E-state index contributed by atoms with van der Waals surface area (Å²) in [6, 6.07) is 7.03. The van der Waals surface area contributed by atoms with E-state index >= 15 is 0 Å². The van der Waals surface area contributed by atoms with Crippen LogP contribution in [-0.2, 0) is 4.79 Å². The van der Waals surface area contributed by atoms with E-state index < -0.39 is 23.3 Å². The summed E-state index contributed by atoms with van der Waals surface area (Å²) in [5.41, 5.74) is -0.429. The molecule has 0 fully saturated rings. The highest BCUT2D eigenvalue weighted by molar-refractivity contribution is 7.10. The highest BCUT2D eigenvalue weighted by Gasteiger charge is 2.21. The van der Waals surface area contributed by atoms with E-state index in [1.54, 1.807) is 6.92 Å². The fourth-order valence-electron chi connectivity index (χ4n) is 1.95. The molecule has 21 heavy (non-hydrogen) atoms. The molecule has 0 saturated heterocycles. The number of thiophene rings is 1. The predicted molar refractivity (Wildman–Crippen MR) is 77.1 cm³/mol. The zero-order valence-corrected chi connectivity index (χ0v) is 12.2. The number of amides is 1. The Kier molecular flexibility index (Phi) is 5.03. The number of nitrogens with one attached hydrogen (secondary N) is 1. The first-order valence-corrected chi connectivity index (χ1v) is 7.31. The molecule has 3 nitrogen and oxygen atoms in total. The number of aliphatic hydroxyl groups excluding tert-OH is 1. The van der Waals surface area contributed by atoms with Crippen molar-refractivity contribution in [2.75, 3.05) is 6.54 Å². The zero-order valence-electron chi connectivity index (χ0n) is 11.3. The van der Waals surface area contributed by atoms with Crippen LogP contribution >= 0.6 is 11.3 Å². The van der Waals surface area contributed by atoms with Crippen molar-refractivity contribution in [3.63, 3.8) is 0 Å². The summed E-state index contributed by atoms with van der Waals surface area (Å²) in [6.45, 7) is 1.49. The van der Waals surface area contributed by atoms with Crippen molar-refractivity contribution in [1.82, 2.24) is 5.32 Å². The molecule has 112 valence electrons. The van der Waals surface area contributed by atoms with Gasteiger partial charge >= 0.3 is 0 Å². The molecule has 0 aliphatic rings. The molecule has 1 heterocycles. The molecule has 0 aliphatic heterocycles. The van der Waals surface area contributed by atoms with Gasteiger partial charge < -0.3 is 10.4 Å². The van der Waals surface area contributed by atoms with Crippen LogP contribution in [0.25, 0.3) is 0 Å². The van der Waals surface area contributed by atoms with E-state index in [4.69, 9.17) is 0 Å².